The lowest BCUT2D eigenvalue weighted by atomic mass is 9.99. The van der Waals surface area contributed by atoms with Crippen molar-refractivity contribution in [1.29, 1.82) is 0 Å². The number of alkyl halides is 3. The van der Waals surface area contributed by atoms with Crippen LogP contribution in [-0.4, -0.2) is 39.6 Å². The Balaban J connectivity index is 2.24. The van der Waals surface area contributed by atoms with Crippen LogP contribution in [0, 0.1) is 0 Å². The molecule has 1 aromatic heterocycles. The quantitative estimate of drug-likeness (QED) is 0.626. The Labute approximate surface area is 116 Å². The monoisotopic (exact) mass is 310 g/mol. The molecule has 0 saturated carbocycles. The predicted octanol–water partition coefficient (Wildman–Crippen LogP) is 1.79. The van der Waals surface area contributed by atoms with Crippen LogP contribution in [-0.2, 0) is 22.1 Å². The molecule has 0 radical (unpaired) electrons. The second kappa shape index (κ2) is 5.38. The largest absolute Gasteiger partial charge is 0.609 e. The number of aromatic nitrogens is 2. The van der Waals surface area contributed by atoms with Gasteiger partial charge in [0.2, 0.25) is 5.88 Å². The molecule has 112 valence electrons. The summed E-state index contributed by atoms with van der Waals surface area (Å²) in [6.07, 6.45) is -2.07. The molecule has 0 N–H and O–H groups in total. The van der Waals surface area contributed by atoms with Crippen LogP contribution in [0.3, 0.4) is 0 Å². The number of rotatable bonds is 4. The van der Waals surface area contributed by atoms with Crippen molar-refractivity contribution in [3.63, 3.8) is 0 Å². The molecule has 0 aromatic carbocycles. The predicted molar refractivity (Wildman–Crippen MR) is 63.8 cm³/mol. The normalized spacial score (nSPS) is 24.1. The van der Waals surface area contributed by atoms with Gasteiger partial charge in [-0.05, 0) is 6.92 Å². The maximum absolute atomic E-state index is 12.8. The van der Waals surface area contributed by atoms with Gasteiger partial charge in [0, 0.05) is 17.6 Å². The van der Waals surface area contributed by atoms with E-state index in [1.807, 2.05) is 0 Å². The van der Waals surface area contributed by atoms with E-state index in [0.717, 1.165) is 0 Å². The number of nitrogens with zero attached hydrogens (tertiary/aromatic N) is 2. The molecular weight excluding hydrogens is 297 g/mol. The summed E-state index contributed by atoms with van der Waals surface area (Å²) in [5, 5.41) is -0.201. The fourth-order valence-corrected chi connectivity index (χ4v) is 1.99. The number of hydrogen-bond donors (Lipinski definition) is 0. The zero-order valence-corrected chi connectivity index (χ0v) is 11.7. The average Bonchev–Trinajstić information content (AvgIpc) is 2.32. The lowest BCUT2D eigenvalue weighted by Crippen LogP contribution is -2.46. The van der Waals surface area contributed by atoms with Crippen LogP contribution < -0.4 is 4.74 Å². The molecule has 2 rings (SSSR count). The Morgan fingerprint density at radius 2 is 2.20 bits per heavy atom. The van der Waals surface area contributed by atoms with Crippen molar-refractivity contribution in [3.8, 4) is 5.88 Å². The van der Waals surface area contributed by atoms with E-state index >= 15 is 0 Å². The van der Waals surface area contributed by atoms with Gasteiger partial charge < -0.3 is 14.0 Å². The molecule has 1 saturated heterocycles. The van der Waals surface area contributed by atoms with E-state index in [2.05, 4.69) is 9.97 Å². The van der Waals surface area contributed by atoms with E-state index in [1.165, 1.54) is 6.26 Å². The molecule has 1 aliphatic rings. The maximum atomic E-state index is 12.8. The van der Waals surface area contributed by atoms with Crippen molar-refractivity contribution in [2.24, 2.45) is 0 Å². The second-order valence-corrected chi connectivity index (χ2v) is 5.93. The molecule has 0 amide bonds. The molecule has 20 heavy (non-hydrogen) atoms. The molecule has 1 aliphatic heterocycles. The van der Waals surface area contributed by atoms with E-state index in [4.69, 9.17) is 9.47 Å². The van der Waals surface area contributed by atoms with Crippen molar-refractivity contribution in [1.82, 2.24) is 9.97 Å². The van der Waals surface area contributed by atoms with Gasteiger partial charge in [-0.15, -0.1) is 4.98 Å². The van der Waals surface area contributed by atoms with Gasteiger partial charge in [0.1, 0.15) is 24.0 Å². The van der Waals surface area contributed by atoms with Crippen LogP contribution in [0.2, 0.25) is 0 Å². The van der Waals surface area contributed by atoms with Crippen molar-refractivity contribution in [2.45, 2.75) is 30.3 Å². The minimum Gasteiger partial charge on any atom is -0.609 e. The Bertz CT molecular complexity index is 492. The third kappa shape index (κ3) is 3.33. The first kappa shape index (κ1) is 15.3. The van der Waals surface area contributed by atoms with Crippen molar-refractivity contribution in [3.05, 3.63) is 11.8 Å². The molecule has 2 atom stereocenters. The number of hydrogen-bond acceptors (Lipinski definition) is 5. The highest BCUT2D eigenvalue weighted by molar-refractivity contribution is 7.90. The van der Waals surface area contributed by atoms with Crippen LogP contribution >= 0.6 is 0 Å². The van der Waals surface area contributed by atoms with E-state index < -0.39 is 34.4 Å². The average molecular weight is 310 g/mol. The maximum Gasteiger partial charge on any atom is 0.423 e. The van der Waals surface area contributed by atoms with Gasteiger partial charge >= 0.3 is 11.3 Å². The third-order valence-electron chi connectivity index (χ3n) is 2.89. The summed E-state index contributed by atoms with van der Waals surface area (Å²) in [5.41, 5.74) is -1.69. The first-order valence-corrected chi connectivity index (χ1v) is 7.31. The molecule has 0 aliphatic carbocycles. The molecule has 2 heterocycles. The Morgan fingerprint density at radius 3 is 2.65 bits per heavy atom. The molecule has 1 aromatic rings. The topological polar surface area (TPSA) is 67.3 Å². The van der Waals surface area contributed by atoms with Crippen molar-refractivity contribution < 1.29 is 27.2 Å². The highest BCUT2D eigenvalue weighted by Gasteiger charge is 2.39. The molecular formula is C11H13F3N2O3S. The molecule has 1 fully saturated rings. The van der Waals surface area contributed by atoms with Gasteiger partial charge in [-0.25, -0.2) is 0 Å². The fraction of sp³-hybridized carbons (Fsp3) is 0.636. The van der Waals surface area contributed by atoms with E-state index in [9.17, 15) is 17.7 Å². The minimum atomic E-state index is -4.63. The third-order valence-corrected chi connectivity index (χ3v) is 3.60. The Morgan fingerprint density at radius 1 is 1.55 bits per heavy atom. The lowest BCUT2D eigenvalue weighted by molar-refractivity contribution is -0.157. The van der Waals surface area contributed by atoms with Gasteiger partial charge in [0.25, 0.3) is 0 Å². The molecule has 0 bridgehead atoms. The highest BCUT2D eigenvalue weighted by Crippen LogP contribution is 2.36. The molecule has 9 heteroatoms. The van der Waals surface area contributed by atoms with Gasteiger partial charge in [-0.1, -0.05) is 0 Å². The van der Waals surface area contributed by atoms with Crippen molar-refractivity contribution >= 4 is 11.2 Å². The van der Waals surface area contributed by atoms with Gasteiger partial charge in [0.05, 0.1) is 12.8 Å². The fourth-order valence-electron chi connectivity index (χ4n) is 1.58. The zero-order chi connectivity index (χ0) is 15.0. The van der Waals surface area contributed by atoms with E-state index in [-0.39, 0.29) is 11.8 Å². The summed E-state index contributed by atoms with van der Waals surface area (Å²) >= 11 is -1.59. The Kier molecular flexibility index (Phi) is 4.12. The molecule has 0 spiro atoms. The minimum absolute atomic E-state index is 0.0527. The van der Waals surface area contributed by atoms with Gasteiger partial charge in [-0.3, -0.25) is 0 Å². The smallest absolute Gasteiger partial charge is 0.423 e. The summed E-state index contributed by atoms with van der Waals surface area (Å²) in [5.74, 6) is -0.616. The van der Waals surface area contributed by atoms with Crippen LogP contribution in [0.25, 0.3) is 0 Å². The van der Waals surface area contributed by atoms with Crippen LogP contribution in [0.1, 0.15) is 18.9 Å². The first-order valence-electron chi connectivity index (χ1n) is 5.76. The van der Waals surface area contributed by atoms with Crippen molar-refractivity contribution in [2.75, 3.05) is 19.5 Å². The molecule has 2 unspecified atom stereocenters. The highest BCUT2D eigenvalue weighted by atomic mass is 32.2. The first-order chi connectivity index (χ1) is 9.21. The molecule has 5 nitrogen and oxygen atoms in total. The second-order valence-electron chi connectivity index (χ2n) is 4.66. The van der Waals surface area contributed by atoms with E-state index in [0.29, 0.717) is 19.2 Å². The van der Waals surface area contributed by atoms with Crippen LogP contribution in [0.5, 0.6) is 5.88 Å². The van der Waals surface area contributed by atoms with Gasteiger partial charge in [0.15, 0.2) is 0 Å². The zero-order valence-electron chi connectivity index (χ0n) is 10.9. The van der Waals surface area contributed by atoms with E-state index in [1.54, 1.807) is 6.92 Å². The van der Waals surface area contributed by atoms with Gasteiger partial charge in [-0.2, -0.15) is 18.2 Å². The summed E-state index contributed by atoms with van der Waals surface area (Å²) in [6.45, 7) is 2.24. The lowest BCUT2D eigenvalue weighted by Gasteiger charge is -2.38. The Hall–Kier alpha value is -1.06. The standard InChI is InChI=1S/C11H13F3N2O3S/c1-10(3-4-19-10)6-18-8-7(11(12,13)14)5-15-9(16-8)20(2)17/h5H,3-4,6H2,1-2H3. The SMILES string of the molecule is C[S+]([O-])c1ncc(C(F)(F)F)c(OCC2(C)CCO2)n1. The number of halogens is 3. The number of ether oxygens (including phenoxy) is 2. The summed E-state index contributed by atoms with van der Waals surface area (Å²) in [7, 11) is 0. The van der Waals surface area contributed by atoms with Crippen LogP contribution in [0.4, 0.5) is 13.2 Å². The summed E-state index contributed by atoms with van der Waals surface area (Å²) in [4.78, 5) is 7.03. The summed E-state index contributed by atoms with van der Waals surface area (Å²) < 4.78 is 60.1. The van der Waals surface area contributed by atoms with Crippen LogP contribution in [0.15, 0.2) is 11.4 Å². The summed E-state index contributed by atoms with van der Waals surface area (Å²) in [6, 6.07) is 0.